The number of nitrogens with zero attached hydrogens (tertiary/aromatic N) is 4. The average molecular weight is 520 g/mol. The van der Waals surface area contributed by atoms with Crippen molar-refractivity contribution in [2.75, 3.05) is 26.2 Å². The van der Waals surface area contributed by atoms with E-state index in [1.54, 1.807) is 0 Å². The van der Waals surface area contributed by atoms with Crippen LogP contribution in [0, 0.1) is 10.1 Å². The van der Waals surface area contributed by atoms with Crippen molar-refractivity contribution in [1.29, 1.82) is 0 Å². The fourth-order valence-electron chi connectivity index (χ4n) is 3.89. The van der Waals surface area contributed by atoms with Gasteiger partial charge in [-0.25, -0.2) is 0 Å². The van der Waals surface area contributed by atoms with Crippen LogP contribution in [0.2, 0.25) is 5.02 Å². The molecule has 190 valence electrons. The van der Waals surface area contributed by atoms with Gasteiger partial charge in [0.05, 0.1) is 24.2 Å². The number of imidazole rings is 1. The molecule has 0 bridgehead atoms. The van der Waals surface area contributed by atoms with E-state index in [0.29, 0.717) is 38.2 Å². The third-order valence-electron chi connectivity index (χ3n) is 5.44. The molecule has 1 N–H and O–H groups in total. The van der Waals surface area contributed by atoms with Gasteiger partial charge in [0.25, 0.3) is 0 Å². The lowest BCUT2D eigenvalue weighted by atomic mass is 10.1. The number of fused-ring (bicyclic) bond motifs is 1. The monoisotopic (exact) mass is 519 g/mol. The van der Waals surface area contributed by atoms with Gasteiger partial charge in [0.2, 0.25) is 5.91 Å². The molecule has 2 aromatic rings. The van der Waals surface area contributed by atoms with Crippen LogP contribution < -0.4 is 19.5 Å². The number of hydrogen-bond donors (Lipinski definition) is 1. The molecule has 1 aromatic heterocycles. The van der Waals surface area contributed by atoms with Gasteiger partial charge < -0.3 is 29.6 Å². The number of piperidine rings is 1. The molecular weight excluding hydrogens is 499 g/mol. The summed E-state index contributed by atoms with van der Waals surface area (Å²) < 4.78 is 53.6. The molecule has 4 rings (SSSR count). The minimum absolute atomic E-state index is 0.146. The highest BCUT2D eigenvalue weighted by Gasteiger charge is 2.32. The van der Waals surface area contributed by atoms with E-state index in [1.807, 2.05) is 4.90 Å². The lowest BCUT2D eigenvalue weighted by Gasteiger charge is -2.32. The minimum atomic E-state index is -4.83. The summed E-state index contributed by atoms with van der Waals surface area (Å²) in [6, 6.07) is 3.53. The largest absolute Gasteiger partial charge is 0.573 e. The standard InChI is InChI=1S/C20H21ClF3N5O6/c21-15-7-14(1-2-16(15)35-20(22,23)24)34-13-3-5-27(6-4-13)10-18(30)25-12-8-28-9-17(29(31)32)26-19(28)33-11-12/h1-2,7,9,12-13H,3-6,8,10-11H2,(H,25,30). The second kappa shape index (κ2) is 10.2. The molecule has 1 atom stereocenters. The molecule has 1 saturated heterocycles. The molecule has 15 heteroatoms. The molecule has 0 aliphatic carbocycles. The zero-order valence-corrected chi connectivity index (χ0v) is 18.9. The van der Waals surface area contributed by atoms with Gasteiger partial charge in [-0.1, -0.05) is 11.6 Å². The summed E-state index contributed by atoms with van der Waals surface area (Å²) in [6.45, 7) is 1.80. The zero-order chi connectivity index (χ0) is 25.2. The Kier molecular flexibility index (Phi) is 7.21. The molecule has 0 saturated carbocycles. The normalized spacial score (nSPS) is 18.9. The molecule has 1 unspecified atom stereocenters. The fraction of sp³-hybridized carbons (Fsp3) is 0.500. The number of alkyl halides is 3. The van der Waals surface area contributed by atoms with Gasteiger partial charge >= 0.3 is 18.2 Å². The highest BCUT2D eigenvalue weighted by Crippen LogP contribution is 2.33. The molecule has 0 spiro atoms. The number of carbonyl (C=O) groups is 1. The Balaban J connectivity index is 1.20. The van der Waals surface area contributed by atoms with Crippen LogP contribution in [-0.4, -0.2) is 70.0 Å². The maximum atomic E-state index is 12.5. The van der Waals surface area contributed by atoms with Gasteiger partial charge in [-0.05, 0) is 29.9 Å². The first-order valence-electron chi connectivity index (χ1n) is 10.6. The summed E-state index contributed by atoms with van der Waals surface area (Å²) in [5.41, 5.74) is 0. The van der Waals surface area contributed by atoms with Gasteiger partial charge in [0.1, 0.15) is 30.4 Å². The number of halogens is 4. The average Bonchev–Trinajstić information content (AvgIpc) is 3.20. The zero-order valence-electron chi connectivity index (χ0n) is 18.2. The van der Waals surface area contributed by atoms with Crippen molar-refractivity contribution >= 4 is 23.3 Å². The Morgan fingerprint density at radius 2 is 2.09 bits per heavy atom. The maximum Gasteiger partial charge on any atom is 0.573 e. The van der Waals surface area contributed by atoms with E-state index >= 15 is 0 Å². The first kappa shape index (κ1) is 24.9. The van der Waals surface area contributed by atoms with Crippen LogP contribution in [0.5, 0.6) is 17.5 Å². The Morgan fingerprint density at radius 1 is 1.34 bits per heavy atom. The molecule has 1 fully saturated rings. The van der Waals surface area contributed by atoms with E-state index in [2.05, 4.69) is 15.0 Å². The maximum absolute atomic E-state index is 12.5. The highest BCUT2D eigenvalue weighted by atomic mass is 35.5. The summed E-state index contributed by atoms with van der Waals surface area (Å²) in [5, 5.41) is 13.5. The number of aromatic nitrogens is 2. The van der Waals surface area contributed by atoms with Crippen molar-refractivity contribution in [1.82, 2.24) is 19.8 Å². The third-order valence-corrected chi connectivity index (χ3v) is 5.74. The van der Waals surface area contributed by atoms with Gasteiger partial charge in [-0.3, -0.25) is 14.3 Å². The van der Waals surface area contributed by atoms with E-state index < -0.39 is 17.0 Å². The van der Waals surface area contributed by atoms with Crippen molar-refractivity contribution in [2.24, 2.45) is 0 Å². The van der Waals surface area contributed by atoms with Crippen molar-refractivity contribution in [2.45, 2.75) is 37.9 Å². The number of rotatable bonds is 7. The fourth-order valence-corrected chi connectivity index (χ4v) is 4.10. The molecule has 0 radical (unpaired) electrons. The summed E-state index contributed by atoms with van der Waals surface area (Å²) in [5.74, 6) is -0.691. The number of ether oxygens (including phenoxy) is 3. The van der Waals surface area contributed by atoms with Crippen molar-refractivity contribution in [3.63, 3.8) is 0 Å². The number of amides is 1. The Morgan fingerprint density at radius 3 is 2.74 bits per heavy atom. The number of nitro groups is 1. The van der Waals surface area contributed by atoms with Gasteiger partial charge in [0, 0.05) is 24.1 Å². The predicted octanol–water partition coefficient (Wildman–Crippen LogP) is 2.76. The van der Waals surface area contributed by atoms with E-state index in [-0.39, 0.29) is 48.1 Å². The molecule has 3 heterocycles. The minimum Gasteiger partial charge on any atom is -0.490 e. The molecule has 2 aliphatic rings. The lowest BCUT2D eigenvalue weighted by Crippen LogP contribution is -2.49. The topological polar surface area (TPSA) is 121 Å². The van der Waals surface area contributed by atoms with Crippen LogP contribution in [0.3, 0.4) is 0 Å². The predicted molar refractivity (Wildman–Crippen MR) is 115 cm³/mol. The number of benzene rings is 1. The highest BCUT2D eigenvalue weighted by molar-refractivity contribution is 6.32. The smallest absolute Gasteiger partial charge is 0.490 e. The second-order valence-electron chi connectivity index (χ2n) is 8.10. The summed E-state index contributed by atoms with van der Waals surface area (Å²) in [7, 11) is 0. The van der Waals surface area contributed by atoms with Crippen LogP contribution in [0.25, 0.3) is 0 Å². The van der Waals surface area contributed by atoms with Gasteiger partial charge in [-0.2, -0.15) is 0 Å². The summed E-state index contributed by atoms with van der Waals surface area (Å²) >= 11 is 5.86. The Bertz CT molecular complexity index is 1090. The molecule has 35 heavy (non-hydrogen) atoms. The number of hydrogen-bond acceptors (Lipinski definition) is 8. The molecule has 1 amide bonds. The molecule has 1 aromatic carbocycles. The second-order valence-corrected chi connectivity index (χ2v) is 8.51. The number of nitrogens with one attached hydrogen (secondary N) is 1. The van der Waals surface area contributed by atoms with E-state index in [0.717, 1.165) is 6.07 Å². The quantitative estimate of drug-likeness (QED) is 0.438. The Labute approximate surface area is 201 Å². The van der Waals surface area contributed by atoms with Crippen molar-refractivity contribution in [3.8, 4) is 17.5 Å². The Hall–Kier alpha value is -3.26. The lowest BCUT2D eigenvalue weighted by molar-refractivity contribution is -0.389. The van der Waals surface area contributed by atoms with Crippen LogP contribution >= 0.6 is 11.6 Å². The molecule has 11 nitrogen and oxygen atoms in total. The molecular formula is C20H21ClF3N5O6. The van der Waals surface area contributed by atoms with Crippen LogP contribution in [0.4, 0.5) is 19.0 Å². The van der Waals surface area contributed by atoms with Crippen LogP contribution in [-0.2, 0) is 11.3 Å². The van der Waals surface area contributed by atoms with E-state index in [4.69, 9.17) is 21.1 Å². The van der Waals surface area contributed by atoms with Crippen LogP contribution in [0.15, 0.2) is 24.4 Å². The van der Waals surface area contributed by atoms with Crippen LogP contribution in [0.1, 0.15) is 12.8 Å². The van der Waals surface area contributed by atoms with E-state index in [1.165, 1.54) is 22.9 Å². The molecule has 2 aliphatic heterocycles. The SMILES string of the molecule is O=C(CN1CCC(Oc2ccc(OC(F)(F)F)c(Cl)c2)CC1)NC1COc2nc([N+](=O)[O-])cn2C1. The first-order valence-corrected chi connectivity index (χ1v) is 11.0. The number of carbonyl (C=O) groups excluding carboxylic acids is 1. The van der Waals surface area contributed by atoms with Crippen molar-refractivity contribution < 1.29 is 37.1 Å². The summed E-state index contributed by atoms with van der Waals surface area (Å²) in [6.07, 6.45) is -2.52. The third kappa shape index (κ3) is 6.66. The van der Waals surface area contributed by atoms with E-state index in [9.17, 15) is 28.1 Å². The number of likely N-dealkylation sites (tertiary alicyclic amines) is 1. The summed E-state index contributed by atoms with van der Waals surface area (Å²) in [4.78, 5) is 28.4. The first-order chi connectivity index (χ1) is 16.6. The van der Waals surface area contributed by atoms with Gasteiger partial charge in [0.15, 0.2) is 0 Å². The van der Waals surface area contributed by atoms with Crippen molar-refractivity contribution in [3.05, 3.63) is 39.5 Å². The van der Waals surface area contributed by atoms with Gasteiger partial charge in [-0.15, -0.1) is 13.2 Å².